The lowest BCUT2D eigenvalue weighted by Crippen LogP contribution is -2.31. The highest BCUT2D eigenvalue weighted by molar-refractivity contribution is 6.31. The minimum atomic E-state index is -0.338. The summed E-state index contributed by atoms with van der Waals surface area (Å²) >= 11 is 6.06. The monoisotopic (exact) mass is 375 g/mol. The summed E-state index contributed by atoms with van der Waals surface area (Å²) in [5, 5.41) is 11.3. The van der Waals surface area contributed by atoms with Gasteiger partial charge in [0.15, 0.2) is 5.82 Å². The van der Waals surface area contributed by atoms with Gasteiger partial charge in [0.25, 0.3) is 0 Å². The number of halogens is 1. The van der Waals surface area contributed by atoms with Gasteiger partial charge in [-0.15, -0.1) is 0 Å². The molecular weight excluding hydrogens is 358 g/mol. The maximum atomic E-state index is 12.5. The molecule has 2 heterocycles. The van der Waals surface area contributed by atoms with Crippen molar-refractivity contribution in [2.24, 2.45) is 0 Å². The summed E-state index contributed by atoms with van der Waals surface area (Å²) in [6, 6.07) is 4.78. The van der Waals surface area contributed by atoms with Gasteiger partial charge in [0.1, 0.15) is 12.7 Å². The summed E-state index contributed by atoms with van der Waals surface area (Å²) < 4.78 is 6.68. The van der Waals surface area contributed by atoms with E-state index in [2.05, 4.69) is 25.5 Å². The number of aromatic nitrogens is 5. The lowest BCUT2D eigenvalue weighted by atomic mass is 10.2. The van der Waals surface area contributed by atoms with Crippen LogP contribution in [0.4, 0.5) is 10.5 Å². The molecular formula is C16H18ClN7O2. The zero-order valence-corrected chi connectivity index (χ0v) is 15.1. The molecule has 0 radical (unpaired) electrons. The van der Waals surface area contributed by atoms with Gasteiger partial charge in [0.05, 0.1) is 17.9 Å². The highest BCUT2D eigenvalue weighted by atomic mass is 35.5. The zero-order chi connectivity index (χ0) is 18.5. The Morgan fingerprint density at radius 3 is 3.00 bits per heavy atom. The number of hydrogen-bond acceptors (Lipinski definition) is 6. The Hall–Kier alpha value is -2.94. The maximum absolute atomic E-state index is 12.5. The van der Waals surface area contributed by atoms with Crippen LogP contribution >= 0.6 is 11.6 Å². The average Bonchev–Trinajstić information content (AvgIpc) is 3.27. The molecule has 0 saturated heterocycles. The van der Waals surface area contributed by atoms with Crippen molar-refractivity contribution in [2.75, 3.05) is 12.4 Å². The van der Waals surface area contributed by atoms with Crippen molar-refractivity contribution in [3.05, 3.63) is 47.6 Å². The lowest BCUT2D eigenvalue weighted by molar-refractivity contribution is 0.219. The number of nitrogens with one attached hydrogen (secondary N) is 1. The van der Waals surface area contributed by atoms with E-state index in [1.165, 1.54) is 17.6 Å². The summed E-state index contributed by atoms with van der Waals surface area (Å²) in [6.45, 7) is 2.25. The van der Waals surface area contributed by atoms with Crippen molar-refractivity contribution in [1.29, 1.82) is 0 Å². The van der Waals surface area contributed by atoms with Gasteiger partial charge >= 0.3 is 6.03 Å². The van der Waals surface area contributed by atoms with Crippen molar-refractivity contribution in [3.63, 3.8) is 0 Å². The minimum Gasteiger partial charge on any atom is -0.339 e. The fourth-order valence-corrected chi connectivity index (χ4v) is 2.48. The third-order valence-corrected chi connectivity index (χ3v) is 3.80. The molecule has 0 saturated carbocycles. The Morgan fingerprint density at radius 1 is 1.42 bits per heavy atom. The molecule has 26 heavy (non-hydrogen) atoms. The molecule has 2 amide bonds. The normalized spacial score (nSPS) is 10.7. The highest BCUT2D eigenvalue weighted by Crippen LogP contribution is 2.24. The van der Waals surface area contributed by atoms with E-state index in [1.807, 2.05) is 6.92 Å². The van der Waals surface area contributed by atoms with Gasteiger partial charge in [-0.05, 0) is 24.6 Å². The van der Waals surface area contributed by atoms with E-state index in [4.69, 9.17) is 16.1 Å². The highest BCUT2D eigenvalue weighted by Gasteiger charge is 2.16. The van der Waals surface area contributed by atoms with E-state index in [0.717, 1.165) is 6.42 Å². The fourth-order valence-electron chi connectivity index (χ4n) is 2.31. The molecule has 1 N–H and O–H groups in total. The molecule has 9 nitrogen and oxygen atoms in total. The molecule has 0 fully saturated rings. The standard InChI is InChI=1S/C16H18ClN7O2/c1-3-4-15-21-14(22-26-15)8-23(2)16(25)20-12-7-11(17)5-6-13(12)24-10-18-9-19-24/h5-7,9-10H,3-4,8H2,1-2H3,(H,20,25). The number of benzene rings is 1. The lowest BCUT2D eigenvalue weighted by Gasteiger charge is -2.18. The second-order valence-corrected chi connectivity index (χ2v) is 6.08. The van der Waals surface area contributed by atoms with Gasteiger partial charge in [0.2, 0.25) is 5.89 Å². The SMILES string of the molecule is CCCc1nc(CN(C)C(=O)Nc2cc(Cl)ccc2-n2cncn2)no1. The number of hydrogen-bond donors (Lipinski definition) is 1. The van der Waals surface area contributed by atoms with Gasteiger partial charge in [-0.1, -0.05) is 23.7 Å². The van der Waals surface area contributed by atoms with Crippen LogP contribution in [-0.4, -0.2) is 42.9 Å². The van der Waals surface area contributed by atoms with Crippen LogP contribution in [-0.2, 0) is 13.0 Å². The van der Waals surface area contributed by atoms with Gasteiger partial charge in [0, 0.05) is 18.5 Å². The first-order valence-electron chi connectivity index (χ1n) is 8.05. The van der Waals surface area contributed by atoms with Crippen molar-refractivity contribution in [2.45, 2.75) is 26.3 Å². The second-order valence-electron chi connectivity index (χ2n) is 5.64. The Kier molecular flexibility index (Phi) is 5.47. The topological polar surface area (TPSA) is 102 Å². The summed E-state index contributed by atoms with van der Waals surface area (Å²) in [5.74, 6) is 1.02. The van der Waals surface area contributed by atoms with Crippen molar-refractivity contribution in [3.8, 4) is 5.69 Å². The smallest absolute Gasteiger partial charge is 0.322 e. The van der Waals surface area contributed by atoms with E-state index >= 15 is 0 Å². The Balaban J connectivity index is 1.71. The molecule has 0 aliphatic heterocycles. The molecule has 3 rings (SSSR count). The molecule has 0 aliphatic carbocycles. The number of rotatable bonds is 6. The number of aryl methyl sites for hydroxylation is 1. The van der Waals surface area contributed by atoms with Crippen molar-refractivity contribution < 1.29 is 9.32 Å². The van der Waals surface area contributed by atoms with Crippen LogP contribution in [0.5, 0.6) is 0 Å². The predicted molar refractivity (Wildman–Crippen MR) is 95.1 cm³/mol. The van der Waals surface area contributed by atoms with E-state index in [9.17, 15) is 4.79 Å². The van der Waals surface area contributed by atoms with E-state index in [1.54, 1.807) is 29.9 Å². The van der Waals surface area contributed by atoms with Crippen LogP contribution < -0.4 is 5.32 Å². The number of carbonyl (C=O) groups is 1. The predicted octanol–water partition coefficient (Wildman–Crippen LogP) is 2.92. The molecule has 10 heteroatoms. The molecule has 0 spiro atoms. The minimum absolute atomic E-state index is 0.221. The summed E-state index contributed by atoms with van der Waals surface area (Å²) in [5.41, 5.74) is 1.16. The number of nitrogens with zero attached hydrogens (tertiary/aromatic N) is 6. The molecule has 0 atom stereocenters. The molecule has 1 aromatic carbocycles. The first-order valence-corrected chi connectivity index (χ1v) is 8.42. The summed E-state index contributed by atoms with van der Waals surface area (Å²) in [6.07, 6.45) is 4.58. The van der Waals surface area contributed by atoms with Crippen LogP contribution in [0.1, 0.15) is 25.1 Å². The third-order valence-electron chi connectivity index (χ3n) is 3.57. The Bertz CT molecular complexity index is 879. The maximum Gasteiger partial charge on any atom is 0.322 e. The quantitative estimate of drug-likeness (QED) is 0.710. The molecule has 3 aromatic rings. The second kappa shape index (κ2) is 7.96. The molecule has 0 unspecified atom stereocenters. The van der Waals surface area contributed by atoms with Crippen LogP contribution in [0, 0.1) is 0 Å². The third kappa shape index (κ3) is 4.17. The van der Waals surface area contributed by atoms with Crippen LogP contribution in [0.15, 0.2) is 35.4 Å². The van der Waals surface area contributed by atoms with E-state index < -0.39 is 0 Å². The largest absolute Gasteiger partial charge is 0.339 e. The zero-order valence-electron chi connectivity index (χ0n) is 14.4. The van der Waals surface area contributed by atoms with Gasteiger partial charge in [-0.25, -0.2) is 14.5 Å². The van der Waals surface area contributed by atoms with Gasteiger partial charge < -0.3 is 14.7 Å². The van der Waals surface area contributed by atoms with Crippen LogP contribution in [0.3, 0.4) is 0 Å². The molecule has 2 aromatic heterocycles. The van der Waals surface area contributed by atoms with E-state index in [-0.39, 0.29) is 12.6 Å². The van der Waals surface area contributed by atoms with Crippen LogP contribution in [0.25, 0.3) is 5.69 Å². The van der Waals surface area contributed by atoms with Crippen molar-refractivity contribution in [1.82, 2.24) is 29.8 Å². The number of amides is 2. The van der Waals surface area contributed by atoms with Crippen LogP contribution in [0.2, 0.25) is 5.02 Å². The average molecular weight is 376 g/mol. The molecule has 0 bridgehead atoms. The number of anilines is 1. The Labute approximate surface area is 155 Å². The fraction of sp³-hybridized carbons (Fsp3) is 0.312. The molecule has 136 valence electrons. The first-order chi connectivity index (χ1) is 12.6. The van der Waals surface area contributed by atoms with Crippen molar-refractivity contribution >= 4 is 23.3 Å². The first kappa shape index (κ1) is 17.9. The Morgan fingerprint density at radius 2 is 2.27 bits per heavy atom. The number of carbonyl (C=O) groups excluding carboxylic acids is 1. The molecule has 0 aliphatic rings. The summed E-state index contributed by atoms with van der Waals surface area (Å²) in [4.78, 5) is 22.2. The summed E-state index contributed by atoms with van der Waals surface area (Å²) in [7, 11) is 1.64. The van der Waals surface area contributed by atoms with Gasteiger partial charge in [-0.2, -0.15) is 10.1 Å². The van der Waals surface area contributed by atoms with E-state index in [0.29, 0.717) is 34.5 Å². The number of urea groups is 1. The van der Waals surface area contributed by atoms with Gasteiger partial charge in [-0.3, -0.25) is 0 Å².